The van der Waals surface area contributed by atoms with Crippen LogP contribution >= 0.6 is 0 Å². The second-order valence-electron chi connectivity index (χ2n) is 4.15. The first kappa shape index (κ1) is 12.7. The van der Waals surface area contributed by atoms with Gasteiger partial charge in [-0.3, -0.25) is 4.98 Å². The quantitative estimate of drug-likeness (QED) is 0.775. The molecule has 88 valence electrons. The molecule has 0 amide bonds. The predicted molar refractivity (Wildman–Crippen MR) is 67.5 cm³/mol. The maximum atomic E-state index is 9.37. The molecule has 0 aliphatic heterocycles. The lowest BCUT2D eigenvalue weighted by atomic mass is 10.2. The van der Waals surface area contributed by atoms with Gasteiger partial charge in [-0.1, -0.05) is 6.08 Å². The van der Waals surface area contributed by atoms with Gasteiger partial charge < -0.3 is 10.0 Å². The van der Waals surface area contributed by atoms with E-state index in [0.717, 1.165) is 12.2 Å². The van der Waals surface area contributed by atoms with Gasteiger partial charge in [0.1, 0.15) is 0 Å². The van der Waals surface area contributed by atoms with Crippen LogP contribution in [0, 0.1) is 0 Å². The van der Waals surface area contributed by atoms with E-state index in [1.165, 1.54) is 0 Å². The van der Waals surface area contributed by atoms with Crippen molar-refractivity contribution in [1.29, 1.82) is 0 Å². The molecule has 16 heavy (non-hydrogen) atoms. The van der Waals surface area contributed by atoms with E-state index in [0.29, 0.717) is 11.7 Å². The summed E-state index contributed by atoms with van der Waals surface area (Å²) in [5, 5.41) is 9.37. The molecule has 0 unspecified atom stereocenters. The van der Waals surface area contributed by atoms with E-state index in [9.17, 15) is 5.11 Å². The third kappa shape index (κ3) is 3.07. The molecule has 0 spiro atoms. The third-order valence-corrected chi connectivity index (χ3v) is 2.48. The Labute approximate surface area is 97.4 Å². The summed E-state index contributed by atoms with van der Waals surface area (Å²) in [5.41, 5.74) is 1.75. The van der Waals surface area contributed by atoms with E-state index >= 15 is 0 Å². The number of nitrogens with zero attached hydrogens (tertiary/aromatic N) is 2. The Morgan fingerprint density at radius 3 is 2.50 bits per heavy atom. The van der Waals surface area contributed by atoms with Crippen LogP contribution in [-0.2, 0) is 0 Å². The zero-order chi connectivity index (χ0) is 12.1. The zero-order valence-electron chi connectivity index (χ0n) is 10.2. The Balaban J connectivity index is 2.89. The number of hydrogen-bond acceptors (Lipinski definition) is 3. The summed E-state index contributed by atoms with van der Waals surface area (Å²) in [6.45, 7) is 10.5. The largest absolute Gasteiger partial charge is 0.387 e. The Hall–Kier alpha value is -1.35. The Kier molecular flexibility index (Phi) is 4.50. The summed E-state index contributed by atoms with van der Waals surface area (Å²) in [5.74, 6) is 0. The molecule has 3 nitrogen and oxygen atoms in total. The number of rotatable bonds is 5. The van der Waals surface area contributed by atoms with Gasteiger partial charge in [0, 0.05) is 12.6 Å². The smallest absolute Gasteiger partial charge is 0.0931 e. The van der Waals surface area contributed by atoms with Gasteiger partial charge >= 0.3 is 0 Å². The fraction of sp³-hybridized carbons (Fsp3) is 0.462. The van der Waals surface area contributed by atoms with Crippen LogP contribution in [0.25, 0.3) is 0 Å². The van der Waals surface area contributed by atoms with Gasteiger partial charge in [0.05, 0.1) is 23.7 Å². The second-order valence-corrected chi connectivity index (χ2v) is 4.15. The average molecular weight is 220 g/mol. The Morgan fingerprint density at radius 1 is 1.44 bits per heavy atom. The van der Waals surface area contributed by atoms with Crippen LogP contribution in [-0.4, -0.2) is 22.7 Å². The van der Waals surface area contributed by atoms with Crippen molar-refractivity contribution in [2.75, 3.05) is 11.4 Å². The van der Waals surface area contributed by atoms with Crippen LogP contribution in [0.3, 0.4) is 0 Å². The van der Waals surface area contributed by atoms with Crippen molar-refractivity contribution in [3.05, 3.63) is 36.7 Å². The summed E-state index contributed by atoms with van der Waals surface area (Å²) in [7, 11) is 0. The van der Waals surface area contributed by atoms with Gasteiger partial charge in [-0.05, 0) is 32.9 Å². The number of aliphatic hydroxyl groups is 1. The topological polar surface area (TPSA) is 36.4 Å². The summed E-state index contributed by atoms with van der Waals surface area (Å²) >= 11 is 0. The molecule has 1 N–H and O–H groups in total. The first-order valence-electron chi connectivity index (χ1n) is 5.57. The number of anilines is 1. The number of aromatic nitrogens is 1. The molecule has 0 radical (unpaired) electrons. The van der Waals surface area contributed by atoms with Crippen molar-refractivity contribution in [2.24, 2.45) is 0 Å². The predicted octanol–water partition coefficient (Wildman–Crippen LogP) is 2.54. The van der Waals surface area contributed by atoms with Crippen molar-refractivity contribution in [2.45, 2.75) is 32.9 Å². The minimum absolute atomic E-state index is 0.400. The molecule has 0 fully saturated rings. The van der Waals surface area contributed by atoms with E-state index < -0.39 is 6.10 Å². The molecule has 3 heteroatoms. The molecule has 1 rings (SSSR count). The number of hydrogen-bond donors (Lipinski definition) is 1. The van der Waals surface area contributed by atoms with E-state index in [-0.39, 0.29) is 0 Å². The molecule has 0 aliphatic rings. The first-order chi connectivity index (χ1) is 7.56. The summed E-state index contributed by atoms with van der Waals surface area (Å²) in [6, 6.07) is 4.24. The zero-order valence-corrected chi connectivity index (χ0v) is 10.2. The van der Waals surface area contributed by atoms with Gasteiger partial charge in [-0.25, -0.2) is 0 Å². The molecule has 0 saturated carbocycles. The lowest BCUT2D eigenvalue weighted by molar-refractivity contribution is 0.194. The van der Waals surface area contributed by atoms with Gasteiger partial charge in [0.25, 0.3) is 0 Å². The molecule has 0 saturated heterocycles. The first-order valence-corrected chi connectivity index (χ1v) is 5.57. The highest BCUT2D eigenvalue weighted by Gasteiger charge is 2.10. The Bertz CT molecular complexity index is 330. The molecule has 0 aliphatic carbocycles. The van der Waals surface area contributed by atoms with Gasteiger partial charge in [-0.2, -0.15) is 0 Å². The normalized spacial score (nSPS) is 12.6. The maximum absolute atomic E-state index is 9.37. The maximum Gasteiger partial charge on any atom is 0.0931 e. The van der Waals surface area contributed by atoms with Crippen LogP contribution in [0.5, 0.6) is 0 Å². The van der Waals surface area contributed by atoms with Gasteiger partial charge in [0.2, 0.25) is 0 Å². The van der Waals surface area contributed by atoms with Crippen LogP contribution in [0.15, 0.2) is 31.0 Å². The summed E-state index contributed by atoms with van der Waals surface area (Å²) in [6.07, 6.45) is 3.16. The molecule has 1 aromatic rings. The second kappa shape index (κ2) is 5.66. The van der Waals surface area contributed by atoms with Crippen LogP contribution in [0.1, 0.15) is 32.6 Å². The SMILES string of the molecule is C=CCN(c1ccc([C@H](C)O)nc1)C(C)C. The van der Waals surface area contributed by atoms with Crippen molar-refractivity contribution < 1.29 is 5.11 Å². The van der Waals surface area contributed by atoms with Crippen molar-refractivity contribution >= 4 is 5.69 Å². The van der Waals surface area contributed by atoms with Crippen molar-refractivity contribution in [3.63, 3.8) is 0 Å². The highest BCUT2D eigenvalue weighted by atomic mass is 16.3. The van der Waals surface area contributed by atoms with Crippen LogP contribution in [0.2, 0.25) is 0 Å². The fourth-order valence-corrected chi connectivity index (χ4v) is 1.57. The Morgan fingerprint density at radius 2 is 2.12 bits per heavy atom. The molecular formula is C13H20N2O. The van der Waals surface area contributed by atoms with E-state index in [2.05, 4.69) is 30.3 Å². The summed E-state index contributed by atoms with van der Waals surface area (Å²) < 4.78 is 0. The lowest BCUT2D eigenvalue weighted by Gasteiger charge is -2.27. The molecule has 1 atom stereocenters. The van der Waals surface area contributed by atoms with Gasteiger partial charge in [0.15, 0.2) is 0 Å². The third-order valence-electron chi connectivity index (χ3n) is 2.48. The van der Waals surface area contributed by atoms with Crippen molar-refractivity contribution in [1.82, 2.24) is 4.98 Å². The van der Waals surface area contributed by atoms with E-state index in [1.54, 1.807) is 13.1 Å². The van der Waals surface area contributed by atoms with Crippen LogP contribution in [0.4, 0.5) is 5.69 Å². The molecule has 0 bridgehead atoms. The average Bonchev–Trinajstić information content (AvgIpc) is 2.25. The fourth-order valence-electron chi connectivity index (χ4n) is 1.57. The monoisotopic (exact) mass is 220 g/mol. The number of aliphatic hydroxyl groups excluding tert-OH is 1. The minimum atomic E-state index is -0.513. The van der Waals surface area contributed by atoms with E-state index in [4.69, 9.17) is 0 Å². The number of pyridine rings is 1. The molecular weight excluding hydrogens is 200 g/mol. The highest BCUT2D eigenvalue weighted by Crippen LogP contribution is 2.18. The molecule has 1 aromatic heterocycles. The molecule has 0 aromatic carbocycles. The minimum Gasteiger partial charge on any atom is -0.387 e. The lowest BCUT2D eigenvalue weighted by Crippen LogP contribution is -2.30. The van der Waals surface area contributed by atoms with Crippen LogP contribution < -0.4 is 4.90 Å². The standard InChI is InChI=1S/C13H20N2O/c1-5-8-15(10(2)3)12-6-7-13(11(4)16)14-9-12/h5-7,9-11,16H,1,8H2,2-4H3/t11-/m0/s1. The summed E-state index contributed by atoms with van der Waals surface area (Å²) in [4.78, 5) is 6.44. The van der Waals surface area contributed by atoms with Gasteiger partial charge in [-0.15, -0.1) is 6.58 Å². The van der Waals surface area contributed by atoms with E-state index in [1.807, 2.05) is 18.2 Å². The van der Waals surface area contributed by atoms with Crippen molar-refractivity contribution in [3.8, 4) is 0 Å². The molecule has 1 heterocycles. The highest BCUT2D eigenvalue weighted by molar-refractivity contribution is 5.46.